The van der Waals surface area contributed by atoms with Gasteiger partial charge in [-0.25, -0.2) is 8.42 Å². The number of nitrogens with one attached hydrogen (secondary N) is 1. The van der Waals surface area contributed by atoms with Gasteiger partial charge in [0.1, 0.15) is 4.90 Å². The molecule has 120 valence electrons. The number of rotatable bonds is 9. The third-order valence-electron chi connectivity index (χ3n) is 3.86. The van der Waals surface area contributed by atoms with E-state index in [2.05, 4.69) is 5.32 Å². The van der Waals surface area contributed by atoms with Crippen molar-refractivity contribution in [1.82, 2.24) is 14.2 Å². The number of nitrogens with zero attached hydrogens (tertiary/aromatic N) is 2. The van der Waals surface area contributed by atoms with E-state index >= 15 is 0 Å². The maximum atomic E-state index is 12.9. The highest BCUT2D eigenvalue weighted by Crippen LogP contribution is 2.32. The Balaban J connectivity index is 2.28. The normalized spacial score (nSPS) is 15.8. The number of hydrogen-bond donors (Lipinski definition) is 1. The molecule has 0 spiro atoms. The molecule has 0 bridgehead atoms. The third-order valence-corrected chi connectivity index (χ3v) is 5.78. The standard InChI is InChI=1S/C15H27N3O2S/c1-4-9-18(13-7-8-13)21(19,20)15-10-14(11-16-5-2)17(6-3)12-15/h10,12-13,16H,4-9,11H2,1-3H3. The largest absolute Gasteiger partial charge is 0.349 e. The van der Waals surface area contributed by atoms with Gasteiger partial charge in [-0.15, -0.1) is 0 Å². The van der Waals surface area contributed by atoms with E-state index in [1.54, 1.807) is 10.5 Å². The summed E-state index contributed by atoms with van der Waals surface area (Å²) in [5.74, 6) is 0. The smallest absolute Gasteiger partial charge is 0.244 e. The lowest BCUT2D eigenvalue weighted by Crippen LogP contribution is -2.33. The first-order valence-electron chi connectivity index (χ1n) is 7.96. The van der Waals surface area contributed by atoms with E-state index in [1.165, 1.54) is 0 Å². The average Bonchev–Trinajstić information content (AvgIpc) is 3.20. The van der Waals surface area contributed by atoms with Crippen LogP contribution in [0.4, 0.5) is 0 Å². The van der Waals surface area contributed by atoms with E-state index in [1.807, 2.05) is 31.4 Å². The van der Waals surface area contributed by atoms with Gasteiger partial charge in [-0.3, -0.25) is 0 Å². The van der Waals surface area contributed by atoms with Crippen molar-refractivity contribution in [2.75, 3.05) is 13.1 Å². The summed E-state index contributed by atoms with van der Waals surface area (Å²) in [4.78, 5) is 0.442. The molecule has 0 aliphatic heterocycles. The van der Waals surface area contributed by atoms with Crippen molar-refractivity contribution in [3.63, 3.8) is 0 Å². The van der Waals surface area contributed by atoms with Crippen LogP contribution < -0.4 is 5.32 Å². The average molecular weight is 313 g/mol. The first-order valence-corrected chi connectivity index (χ1v) is 9.40. The molecule has 1 aliphatic rings. The fourth-order valence-corrected chi connectivity index (χ4v) is 4.42. The van der Waals surface area contributed by atoms with E-state index in [0.29, 0.717) is 18.0 Å². The Morgan fingerprint density at radius 2 is 2.05 bits per heavy atom. The molecule has 0 aromatic carbocycles. The second kappa shape index (κ2) is 6.94. The molecule has 1 N–H and O–H groups in total. The lowest BCUT2D eigenvalue weighted by Gasteiger charge is -2.20. The second-order valence-electron chi connectivity index (χ2n) is 5.58. The molecular weight excluding hydrogens is 286 g/mol. The minimum Gasteiger partial charge on any atom is -0.349 e. The molecule has 0 atom stereocenters. The molecule has 0 radical (unpaired) electrons. The molecule has 1 saturated carbocycles. The minimum absolute atomic E-state index is 0.220. The summed E-state index contributed by atoms with van der Waals surface area (Å²) >= 11 is 0. The molecule has 0 saturated heterocycles. The van der Waals surface area contributed by atoms with Gasteiger partial charge >= 0.3 is 0 Å². The molecular formula is C15H27N3O2S. The van der Waals surface area contributed by atoms with E-state index in [9.17, 15) is 8.42 Å². The summed E-state index contributed by atoms with van der Waals surface area (Å²) in [5.41, 5.74) is 1.03. The number of aryl methyl sites for hydroxylation is 1. The number of sulfonamides is 1. The number of aromatic nitrogens is 1. The first-order chi connectivity index (χ1) is 10.0. The molecule has 0 unspecified atom stereocenters. The highest BCUT2D eigenvalue weighted by atomic mass is 32.2. The molecule has 1 heterocycles. The molecule has 2 rings (SSSR count). The Morgan fingerprint density at radius 3 is 2.57 bits per heavy atom. The zero-order valence-electron chi connectivity index (χ0n) is 13.3. The van der Waals surface area contributed by atoms with Gasteiger partial charge in [-0.05, 0) is 38.8 Å². The Kier molecular flexibility index (Phi) is 5.46. The highest BCUT2D eigenvalue weighted by Gasteiger charge is 2.37. The third kappa shape index (κ3) is 3.67. The maximum absolute atomic E-state index is 12.9. The van der Waals surface area contributed by atoms with Crippen LogP contribution in [-0.2, 0) is 23.1 Å². The van der Waals surface area contributed by atoms with Crippen LogP contribution in [-0.4, -0.2) is 36.4 Å². The first kappa shape index (κ1) is 16.5. The van der Waals surface area contributed by atoms with Crippen LogP contribution in [0.2, 0.25) is 0 Å². The van der Waals surface area contributed by atoms with Gasteiger partial charge in [0.25, 0.3) is 0 Å². The van der Waals surface area contributed by atoms with Gasteiger partial charge < -0.3 is 9.88 Å². The fraction of sp³-hybridized carbons (Fsp3) is 0.733. The van der Waals surface area contributed by atoms with Gasteiger partial charge in [0.2, 0.25) is 10.0 Å². The summed E-state index contributed by atoms with van der Waals surface area (Å²) in [7, 11) is -3.35. The SMILES string of the molecule is CCCN(C1CC1)S(=O)(=O)c1cc(CNCC)n(CC)c1. The quantitative estimate of drug-likeness (QED) is 0.760. The van der Waals surface area contributed by atoms with E-state index in [4.69, 9.17) is 0 Å². The van der Waals surface area contributed by atoms with Crippen molar-refractivity contribution in [1.29, 1.82) is 0 Å². The van der Waals surface area contributed by atoms with Crippen molar-refractivity contribution in [3.05, 3.63) is 18.0 Å². The van der Waals surface area contributed by atoms with Gasteiger partial charge in [0.05, 0.1) is 0 Å². The maximum Gasteiger partial charge on any atom is 0.244 e. The van der Waals surface area contributed by atoms with Gasteiger partial charge in [0, 0.05) is 37.6 Å². The van der Waals surface area contributed by atoms with Crippen molar-refractivity contribution in [3.8, 4) is 0 Å². The van der Waals surface area contributed by atoms with Crippen LogP contribution in [0.1, 0.15) is 45.7 Å². The van der Waals surface area contributed by atoms with Gasteiger partial charge in [-0.2, -0.15) is 4.31 Å². The van der Waals surface area contributed by atoms with Gasteiger partial charge in [-0.1, -0.05) is 13.8 Å². The summed E-state index contributed by atoms with van der Waals surface area (Å²) in [6.07, 6.45) is 4.64. The molecule has 6 heteroatoms. The van der Waals surface area contributed by atoms with Crippen molar-refractivity contribution in [2.45, 2.75) is 64.1 Å². The number of hydrogen-bond acceptors (Lipinski definition) is 3. The molecule has 1 aromatic rings. The zero-order valence-corrected chi connectivity index (χ0v) is 14.1. The fourth-order valence-electron chi connectivity index (χ4n) is 2.58. The predicted molar refractivity (Wildman–Crippen MR) is 84.7 cm³/mol. The summed E-state index contributed by atoms with van der Waals surface area (Å²) in [6, 6.07) is 2.05. The van der Waals surface area contributed by atoms with Gasteiger partial charge in [0.15, 0.2) is 0 Å². The Morgan fingerprint density at radius 1 is 1.33 bits per heavy atom. The van der Waals surface area contributed by atoms with E-state index < -0.39 is 10.0 Å². The lowest BCUT2D eigenvalue weighted by atomic mass is 10.4. The summed E-state index contributed by atoms with van der Waals surface area (Å²) < 4.78 is 29.4. The minimum atomic E-state index is -3.35. The Bertz CT molecular complexity index is 561. The van der Waals surface area contributed by atoms with Crippen LogP contribution in [0, 0.1) is 0 Å². The van der Waals surface area contributed by atoms with Crippen LogP contribution in [0.5, 0.6) is 0 Å². The molecule has 1 aromatic heterocycles. The lowest BCUT2D eigenvalue weighted by molar-refractivity contribution is 0.403. The molecule has 21 heavy (non-hydrogen) atoms. The van der Waals surface area contributed by atoms with E-state index in [0.717, 1.165) is 38.0 Å². The van der Waals surface area contributed by atoms with Crippen LogP contribution >= 0.6 is 0 Å². The van der Waals surface area contributed by atoms with Crippen LogP contribution in [0.15, 0.2) is 17.2 Å². The van der Waals surface area contributed by atoms with Crippen molar-refractivity contribution >= 4 is 10.0 Å². The summed E-state index contributed by atoms with van der Waals surface area (Å²) in [6.45, 7) is 9.10. The van der Waals surface area contributed by atoms with Crippen molar-refractivity contribution < 1.29 is 8.42 Å². The molecule has 5 nitrogen and oxygen atoms in total. The predicted octanol–water partition coefficient (Wildman–Crippen LogP) is 2.18. The van der Waals surface area contributed by atoms with Crippen molar-refractivity contribution in [2.24, 2.45) is 0 Å². The Labute approximate surface area is 128 Å². The zero-order chi connectivity index (χ0) is 15.5. The summed E-state index contributed by atoms with van der Waals surface area (Å²) in [5, 5.41) is 3.26. The topological polar surface area (TPSA) is 54.3 Å². The highest BCUT2D eigenvalue weighted by molar-refractivity contribution is 7.89. The van der Waals surface area contributed by atoms with Crippen LogP contribution in [0.25, 0.3) is 0 Å². The second-order valence-corrected chi connectivity index (χ2v) is 7.47. The molecule has 0 amide bonds. The monoisotopic (exact) mass is 313 g/mol. The Hall–Kier alpha value is -0.850. The van der Waals surface area contributed by atoms with Crippen LogP contribution in [0.3, 0.4) is 0 Å². The molecule has 1 aliphatic carbocycles. The van der Waals surface area contributed by atoms with E-state index in [-0.39, 0.29) is 6.04 Å². The molecule has 1 fully saturated rings.